The Labute approximate surface area is 223 Å². The Hall–Kier alpha value is -2.13. The molecular formula is C22H29N3O12P2. The molecule has 2 unspecified atom stereocenters. The summed E-state index contributed by atoms with van der Waals surface area (Å²) in [6.45, 7) is 0.458. The van der Waals surface area contributed by atoms with E-state index >= 15 is 0 Å². The third kappa shape index (κ3) is 7.75. The lowest BCUT2D eigenvalue weighted by Gasteiger charge is -2.31. The van der Waals surface area contributed by atoms with Crippen LogP contribution in [0.5, 0.6) is 0 Å². The maximum Gasteiger partial charge on any atom is 0.292 e. The van der Waals surface area contributed by atoms with Crippen LogP contribution in [0.4, 0.5) is 0 Å². The van der Waals surface area contributed by atoms with Gasteiger partial charge in [0, 0.05) is 24.1 Å². The van der Waals surface area contributed by atoms with E-state index < -0.39 is 71.6 Å². The highest BCUT2D eigenvalue weighted by Crippen LogP contribution is 2.56. The zero-order chi connectivity index (χ0) is 28.4. The lowest BCUT2D eigenvalue weighted by molar-refractivity contribution is -0.766. The summed E-state index contributed by atoms with van der Waals surface area (Å²) in [5.74, 6) is -0.619. The quantitative estimate of drug-likeness (QED) is 0.205. The van der Waals surface area contributed by atoms with Gasteiger partial charge >= 0.3 is 0 Å². The molecule has 4 N–H and O–H groups in total. The zero-order valence-corrected chi connectivity index (χ0v) is 22.5. The van der Waals surface area contributed by atoms with Gasteiger partial charge < -0.3 is 44.3 Å². The number of aliphatic hydroxyl groups is 2. The standard InChI is InChI=1S/C22H29N3O12P2/c1-14-4-2-9-25(10-14)22-20(27)19(26)17(36-22)13-34-39(31,32)37-38(29,30)33-12-16-6-7-18(35-16)24-8-3-5-15(11-24)21(23)28/h2-5,8-11,16-20,22,26-27H,6-7,12-13H2,1H3,(H2-2,23,28,29,30,31,32)/t16-,17+,18+,19+,20+,22+/m0/s1. The largest absolute Gasteiger partial charge is 0.756 e. The predicted octanol–water partition coefficient (Wildman–Crippen LogP) is -1.35. The molecule has 0 bridgehead atoms. The number of ether oxygens (including phenoxy) is 2. The van der Waals surface area contributed by atoms with Crippen molar-refractivity contribution >= 4 is 21.6 Å². The Bertz CT molecular complexity index is 1280. The topological polar surface area (TPSA) is 218 Å². The number of nitrogens with zero attached hydrogens (tertiary/aromatic N) is 2. The summed E-state index contributed by atoms with van der Waals surface area (Å²) in [7, 11) is -10.9. The molecule has 2 fully saturated rings. The van der Waals surface area contributed by atoms with Crippen LogP contribution in [-0.4, -0.2) is 53.7 Å². The Kier molecular flexibility index (Phi) is 9.31. The van der Waals surface area contributed by atoms with Crippen molar-refractivity contribution in [2.45, 2.75) is 56.6 Å². The van der Waals surface area contributed by atoms with Crippen molar-refractivity contribution in [3.63, 3.8) is 0 Å². The normalized spacial score (nSPS) is 30.1. The molecule has 2 aliphatic rings. The number of rotatable bonds is 11. The van der Waals surface area contributed by atoms with Crippen molar-refractivity contribution < 1.29 is 65.9 Å². The Morgan fingerprint density at radius 2 is 1.69 bits per heavy atom. The molecule has 39 heavy (non-hydrogen) atoms. The fourth-order valence-corrected chi connectivity index (χ4v) is 6.28. The van der Waals surface area contributed by atoms with Gasteiger partial charge in [0.15, 0.2) is 30.9 Å². The van der Waals surface area contributed by atoms with E-state index in [0.717, 1.165) is 5.56 Å². The second-order valence-corrected chi connectivity index (χ2v) is 12.1. The first-order chi connectivity index (χ1) is 18.3. The van der Waals surface area contributed by atoms with Crippen molar-refractivity contribution in [1.82, 2.24) is 0 Å². The molecule has 2 aromatic rings. The van der Waals surface area contributed by atoms with Gasteiger partial charge in [-0.25, -0.2) is 4.31 Å². The van der Waals surface area contributed by atoms with E-state index in [4.69, 9.17) is 15.2 Å². The van der Waals surface area contributed by atoms with E-state index in [2.05, 4.69) is 13.4 Å². The van der Waals surface area contributed by atoms with Crippen LogP contribution in [0.15, 0.2) is 49.1 Å². The first-order valence-corrected chi connectivity index (χ1v) is 14.8. The molecule has 2 aromatic heterocycles. The van der Waals surface area contributed by atoms with Crippen LogP contribution in [-0.2, 0) is 32.0 Å². The summed E-state index contributed by atoms with van der Waals surface area (Å²) in [5.41, 5.74) is 6.39. The van der Waals surface area contributed by atoms with Gasteiger partial charge in [-0.1, -0.05) is 0 Å². The second kappa shape index (κ2) is 12.2. The number of aliphatic hydroxyl groups excluding tert-OH is 2. The van der Waals surface area contributed by atoms with E-state index in [0.29, 0.717) is 12.8 Å². The molecule has 4 heterocycles. The van der Waals surface area contributed by atoms with Crippen LogP contribution in [0.1, 0.15) is 41.2 Å². The van der Waals surface area contributed by atoms with Crippen LogP contribution in [0, 0.1) is 6.92 Å². The number of phosphoric ester groups is 2. The molecule has 4 rings (SSSR count). The molecule has 0 aliphatic carbocycles. The molecule has 17 heteroatoms. The summed E-state index contributed by atoms with van der Waals surface area (Å²) in [6, 6.07) is 6.65. The number of aryl methyl sites for hydroxylation is 1. The highest BCUT2D eigenvalue weighted by molar-refractivity contribution is 7.59. The van der Waals surface area contributed by atoms with Gasteiger partial charge in [0.05, 0.1) is 19.3 Å². The number of hydrogen-bond donors (Lipinski definition) is 3. The summed E-state index contributed by atoms with van der Waals surface area (Å²) < 4.78 is 52.1. The Morgan fingerprint density at radius 3 is 2.38 bits per heavy atom. The van der Waals surface area contributed by atoms with E-state index in [1.807, 2.05) is 13.0 Å². The average molecular weight is 589 g/mol. The van der Waals surface area contributed by atoms with E-state index in [1.54, 1.807) is 35.3 Å². The van der Waals surface area contributed by atoms with Crippen molar-refractivity contribution in [2.75, 3.05) is 13.2 Å². The highest BCUT2D eigenvalue weighted by atomic mass is 31.3. The number of hydrogen-bond acceptors (Lipinski definition) is 12. The first kappa shape index (κ1) is 29.8. The van der Waals surface area contributed by atoms with Gasteiger partial charge in [0.1, 0.15) is 17.8 Å². The fourth-order valence-electron chi connectivity index (χ4n) is 4.24. The minimum absolute atomic E-state index is 0.263. The van der Waals surface area contributed by atoms with E-state index in [1.165, 1.54) is 16.8 Å². The zero-order valence-electron chi connectivity index (χ0n) is 20.8. The second-order valence-electron chi connectivity index (χ2n) is 9.14. The molecule has 1 amide bonds. The number of phosphoric acid groups is 2. The van der Waals surface area contributed by atoms with Crippen LogP contribution < -0.4 is 24.7 Å². The summed E-state index contributed by atoms with van der Waals surface area (Å²) >= 11 is 0. The minimum Gasteiger partial charge on any atom is -0.756 e. The molecule has 0 saturated carbocycles. The molecule has 0 aromatic carbocycles. The van der Waals surface area contributed by atoms with Crippen LogP contribution >= 0.6 is 15.6 Å². The Morgan fingerprint density at radius 1 is 1.03 bits per heavy atom. The molecule has 0 spiro atoms. The van der Waals surface area contributed by atoms with Gasteiger partial charge in [0.2, 0.25) is 0 Å². The summed E-state index contributed by atoms with van der Waals surface area (Å²) in [6.07, 6.45) is 0.755. The lowest BCUT2D eigenvalue weighted by Crippen LogP contribution is -2.45. The predicted molar refractivity (Wildman–Crippen MR) is 124 cm³/mol. The van der Waals surface area contributed by atoms with E-state index in [-0.39, 0.29) is 5.56 Å². The lowest BCUT2D eigenvalue weighted by atomic mass is 10.1. The van der Waals surface area contributed by atoms with Crippen molar-refractivity contribution in [3.8, 4) is 0 Å². The smallest absolute Gasteiger partial charge is 0.292 e. The first-order valence-electron chi connectivity index (χ1n) is 11.9. The van der Waals surface area contributed by atoms with Crippen molar-refractivity contribution in [1.29, 1.82) is 0 Å². The number of carbonyl (C=O) groups is 1. The number of pyridine rings is 2. The van der Waals surface area contributed by atoms with Crippen LogP contribution in [0.2, 0.25) is 0 Å². The van der Waals surface area contributed by atoms with Gasteiger partial charge in [-0.15, -0.1) is 0 Å². The third-order valence-electron chi connectivity index (χ3n) is 6.14. The summed E-state index contributed by atoms with van der Waals surface area (Å²) in [5, 5.41) is 20.6. The summed E-state index contributed by atoms with van der Waals surface area (Å²) in [4.78, 5) is 35.7. The van der Waals surface area contributed by atoms with Gasteiger partial charge in [0.25, 0.3) is 34.0 Å². The maximum absolute atomic E-state index is 12.2. The highest BCUT2D eigenvalue weighted by Gasteiger charge is 2.48. The van der Waals surface area contributed by atoms with Crippen molar-refractivity contribution in [3.05, 3.63) is 60.2 Å². The molecule has 8 atom stereocenters. The van der Waals surface area contributed by atoms with Crippen LogP contribution in [0.25, 0.3) is 0 Å². The van der Waals surface area contributed by atoms with Gasteiger partial charge in [-0.2, -0.15) is 9.13 Å². The molecule has 214 valence electrons. The molecule has 0 radical (unpaired) electrons. The molecule has 2 aliphatic heterocycles. The monoisotopic (exact) mass is 589 g/mol. The SMILES string of the molecule is Cc1ccc[n+]([C@@H]2O[C@H](COP(=O)([O-])OP(=O)([O-])OC[C@@H]3CC[C@H]([n+]4cccc(C(N)=O)c4)O3)[C@@H](O)[C@H]2O)c1. The number of amides is 1. The minimum atomic E-state index is -5.47. The van der Waals surface area contributed by atoms with Gasteiger partial charge in [-0.05, 0) is 25.5 Å². The average Bonchev–Trinajstić information content (AvgIpc) is 3.46. The number of carbonyl (C=O) groups excluding carboxylic acids is 1. The maximum atomic E-state index is 12.2. The van der Waals surface area contributed by atoms with Gasteiger partial charge in [-0.3, -0.25) is 13.9 Å². The van der Waals surface area contributed by atoms with Crippen LogP contribution in [0.3, 0.4) is 0 Å². The number of aromatic nitrogens is 2. The van der Waals surface area contributed by atoms with Crippen molar-refractivity contribution in [2.24, 2.45) is 5.73 Å². The molecule has 15 nitrogen and oxygen atoms in total. The Balaban J connectivity index is 1.26. The number of primary amides is 1. The fraction of sp³-hybridized carbons (Fsp3) is 0.500. The molecule has 2 saturated heterocycles. The number of nitrogens with two attached hydrogens (primary N) is 1. The molecular weight excluding hydrogens is 560 g/mol. The third-order valence-corrected chi connectivity index (χ3v) is 8.67. The van der Waals surface area contributed by atoms with E-state index in [9.17, 15) is 33.9 Å².